The maximum Gasteiger partial charge on any atom is 0.251 e. The normalized spacial score (nSPS) is 22.4. The van der Waals surface area contributed by atoms with Crippen LogP contribution in [0.25, 0.3) is 0 Å². The van der Waals surface area contributed by atoms with Gasteiger partial charge in [0.2, 0.25) is 0 Å². The third-order valence-electron chi connectivity index (χ3n) is 3.83. The minimum absolute atomic E-state index is 0.0155. The van der Waals surface area contributed by atoms with E-state index in [-0.39, 0.29) is 23.5 Å². The summed E-state index contributed by atoms with van der Waals surface area (Å²) in [5.74, 6) is -0.287. The summed E-state index contributed by atoms with van der Waals surface area (Å²) in [5, 5.41) is 6.05. The van der Waals surface area contributed by atoms with E-state index in [1.54, 1.807) is 24.3 Å². The molecule has 1 saturated heterocycles. The Morgan fingerprint density at radius 1 is 0.870 bits per heavy atom. The molecule has 1 fully saturated rings. The Hall–Kier alpha value is -2.34. The fraction of sp³-hybridized carbons (Fsp3) is 0.235. The van der Waals surface area contributed by atoms with Gasteiger partial charge in [0.05, 0.1) is 23.6 Å². The van der Waals surface area contributed by atoms with Gasteiger partial charge < -0.3 is 10.6 Å². The van der Waals surface area contributed by atoms with Gasteiger partial charge in [-0.2, -0.15) is 0 Å². The number of para-hydroxylation sites is 1. The third kappa shape index (κ3) is 3.90. The van der Waals surface area contributed by atoms with Crippen molar-refractivity contribution in [1.82, 2.24) is 5.32 Å². The van der Waals surface area contributed by atoms with Crippen molar-refractivity contribution in [2.24, 2.45) is 0 Å². The van der Waals surface area contributed by atoms with Gasteiger partial charge in [0.25, 0.3) is 5.91 Å². The molecule has 6 heteroatoms. The van der Waals surface area contributed by atoms with Crippen molar-refractivity contribution in [3.63, 3.8) is 0 Å². The molecule has 0 spiro atoms. The van der Waals surface area contributed by atoms with Gasteiger partial charge in [0.1, 0.15) is 0 Å². The van der Waals surface area contributed by atoms with Crippen LogP contribution in [-0.4, -0.2) is 37.9 Å². The van der Waals surface area contributed by atoms with Gasteiger partial charge in [-0.3, -0.25) is 4.79 Å². The molecular weight excluding hydrogens is 312 g/mol. The van der Waals surface area contributed by atoms with E-state index in [0.29, 0.717) is 5.56 Å². The van der Waals surface area contributed by atoms with Crippen LogP contribution in [0.15, 0.2) is 60.7 Å². The highest BCUT2D eigenvalue weighted by molar-refractivity contribution is 7.91. The van der Waals surface area contributed by atoms with E-state index in [4.69, 9.17) is 0 Å². The average molecular weight is 330 g/mol. The van der Waals surface area contributed by atoms with Crippen LogP contribution < -0.4 is 10.6 Å². The Morgan fingerprint density at radius 3 is 2.09 bits per heavy atom. The molecule has 23 heavy (non-hydrogen) atoms. The smallest absolute Gasteiger partial charge is 0.251 e. The first-order chi connectivity index (χ1) is 11.0. The molecule has 2 N–H and O–H groups in total. The fourth-order valence-electron chi connectivity index (χ4n) is 2.72. The third-order valence-corrected chi connectivity index (χ3v) is 5.56. The van der Waals surface area contributed by atoms with Gasteiger partial charge in [-0.1, -0.05) is 36.4 Å². The number of anilines is 1. The maximum atomic E-state index is 12.3. The van der Waals surface area contributed by atoms with Crippen LogP contribution in [0.3, 0.4) is 0 Å². The summed E-state index contributed by atoms with van der Waals surface area (Å²) in [5.41, 5.74) is 1.36. The van der Waals surface area contributed by atoms with Gasteiger partial charge in [-0.15, -0.1) is 0 Å². The van der Waals surface area contributed by atoms with E-state index in [0.717, 1.165) is 5.69 Å². The summed E-state index contributed by atoms with van der Waals surface area (Å²) < 4.78 is 23.9. The zero-order valence-electron chi connectivity index (χ0n) is 12.5. The Kier molecular flexibility index (Phi) is 4.34. The van der Waals surface area contributed by atoms with E-state index < -0.39 is 15.9 Å². The summed E-state index contributed by atoms with van der Waals surface area (Å²) in [6, 6.07) is 17.4. The number of nitrogens with one attached hydrogen (secondary N) is 2. The molecule has 0 radical (unpaired) electrons. The second-order valence-corrected chi connectivity index (χ2v) is 7.79. The van der Waals surface area contributed by atoms with Crippen LogP contribution in [-0.2, 0) is 9.84 Å². The van der Waals surface area contributed by atoms with E-state index in [9.17, 15) is 13.2 Å². The van der Waals surface area contributed by atoms with Crippen LogP contribution >= 0.6 is 0 Å². The largest absolute Gasteiger partial charge is 0.379 e. The minimum Gasteiger partial charge on any atom is -0.379 e. The number of carbonyl (C=O) groups is 1. The molecule has 0 aliphatic carbocycles. The number of benzene rings is 2. The molecule has 1 aliphatic rings. The summed E-state index contributed by atoms with van der Waals surface area (Å²) in [7, 11) is -3.17. The standard InChI is InChI=1S/C17H18N2O3S/c20-17(13-7-3-1-4-8-13)19-16-12-23(21,22)11-15(16)18-14-9-5-2-6-10-14/h1-10,15-16,18H,11-12H2,(H,19,20)/t15-,16+/m0/s1. The number of carbonyl (C=O) groups excluding carboxylic acids is 1. The van der Waals surface area contributed by atoms with Crippen LogP contribution in [0, 0.1) is 0 Å². The lowest BCUT2D eigenvalue weighted by molar-refractivity contribution is 0.0939. The summed E-state index contributed by atoms with van der Waals surface area (Å²) in [6.45, 7) is 0. The zero-order valence-corrected chi connectivity index (χ0v) is 13.3. The lowest BCUT2D eigenvalue weighted by atomic mass is 10.1. The molecule has 3 rings (SSSR count). The summed E-state index contributed by atoms with van der Waals surface area (Å²) in [6.07, 6.45) is 0. The van der Waals surface area contributed by atoms with Crippen molar-refractivity contribution in [2.75, 3.05) is 16.8 Å². The monoisotopic (exact) mass is 330 g/mol. The van der Waals surface area contributed by atoms with Crippen LogP contribution in [0.1, 0.15) is 10.4 Å². The molecule has 120 valence electrons. The van der Waals surface area contributed by atoms with Crippen LogP contribution in [0.4, 0.5) is 5.69 Å². The SMILES string of the molecule is O=C(N[C@@H]1CS(=O)(=O)C[C@@H]1Nc1ccccc1)c1ccccc1. The Morgan fingerprint density at radius 2 is 1.43 bits per heavy atom. The number of amides is 1. The molecule has 0 saturated carbocycles. The molecule has 1 heterocycles. The van der Waals surface area contributed by atoms with E-state index >= 15 is 0 Å². The zero-order chi connectivity index (χ0) is 16.3. The lowest BCUT2D eigenvalue weighted by Crippen LogP contribution is -2.46. The highest BCUT2D eigenvalue weighted by atomic mass is 32.2. The molecular formula is C17H18N2O3S. The van der Waals surface area contributed by atoms with Crippen molar-refractivity contribution in [3.05, 3.63) is 66.2 Å². The molecule has 2 atom stereocenters. The quantitative estimate of drug-likeness (QED) is 0.895. The number of hydrogen-bond donors (Lipinski definition) is 2. The Balaban J connectivity index is 1.74. The predicted octanol–water partition coefficient (Wildman–Crippen LogP) is 1.69. The van der Waals surface area contributed by atoms with Gasteiger partial charge in [0, 0.05) is 11.3 Å². The minimum atomic E-state index is -3.17. The Labute approximate surface area is 135 Å². The first kappa shape index (κ1) is 15.6. The van der Waals surface area contributed by atoms with E-state index in [2.05, 4.69) is 10.6 Å². The summed E-state index contributed by atoms with van der Waals surface area (Å²) in [4.78, 5) is 12.3. The van der Waals surface area contributed by atoms with E-state index in [1.165, 1.54) is 0 Å². The predicted molar refractivity (Wildman–Crippen MR) is 90.2 cm³/mol. The fourth-order valence-corrected chi connectivity index (χ4v) is 4.58. The molecule has 0 aromatic heterocycles. The topological polar surface area (TPSA) is 75.3 Å². The van der Waals surface area contributed by atoms with Crippen molar-refractivity contribution in [2.45, 2.75) is 12.1 Å². The first-order valence-corrected chi connectivity index (χ1v) is 9.23. The van der Waals surface area contributed by atoms with Crippen molar-refractivity contribution in [1.29, 1.82) is 0 Å². The molecule has 1 amide bonds. The van der Waals surface area contributed by atoms with Crippen LogP contribution in [0.5, 0.6) is 0 Å². The van der Waals surface area contributed by atoms with Gasteiger partial charge >= 0.3 is 0 Å². The highest BCUT2D eigenvalue weighted by Gasteiger charge is 2.38. The Bertz CT molecular complexity index is 776. The van der Waals surface area contributed by atoms with Gasteiger partial charge in [0.15, 0.2) is 9.84 Å². The molecule has 1 aliphatic heterocycles. The molecule has 2 aromatic rings. The van der Waals surface area contributed by atoms with Crippen molar-refractivity contribution < 1.29 is 13.2 Å². The summed E-state index contributed by atoms with van der Waals surface area (Å²) >= 11 is 0. The average Bonchev–Trinajstić information content (AvgIpc) is 2.82. The van der Waals surface area contributed by atoms with E-state index in [1.807, 2.05) is 36.4 Å². The molecule has 5 nitrogen and oxygen atoms in total. The van der Waals surface area contributed by atoms with Gasteiger partial charge in [-0.25, -0.2) is 8.42 Å². The number of rotatable bonds is 4. The first-order valence-electron chi connectivity index (χ1n) is 7.41. The molecule has 0 bridgehead atoms. The maximum absolute atomic E-state index is 12.3. The number of hydrogen-bond acceptors (Lipinski definition) is 4. The lowest BCUT2D eigenvalue weighted by Gasteiger charge is -2.21. The number of sulfone groups is 1. The molecule has 0 unspecified atom stereocenters. The second-order valence-electron chi connectivity index (χ2n) is 5.64. The second kappa shape index (κ2) is 6.42. The van der Waals surface area contributed by atoms with Crippen molar-refractivity contribution >= 4 is 21.4 Å². The van der Waals surface area contributed by atoms with Crippen LogP contribution in [0.2, 0.25) is 0 Å². The van der Waals surface area contributed by atoms with Gasteiger partial charge in [-0.05, 0) is 24.3 Å². The molecule has 2 aromatic carbocycles. The van der Waals surface area contributed by atoms with Crippen molar-refractivity contribution in [3.8, 4) is 0 Å². The highest BCUT2D eigenvalue weighted by Crippen LogP contribution is 2.18.